The van der Waals surface area contributed by atoms with Gasteiger partial charge in [0.05, 0.1) is 24.8 Å². The van der Waals surface area contributed by atoms with Crippen LogP contribution < -0.4 is 4.74 Å². The second-order valence-electron chi connectivity index (χ2n) is 4.72. The van der Waals surface area contributed by atoms with Gasteiger partial charge in [0.2, 0.25) is 0 Å². The van der Waals surface area contributed by atoms with Crippen LogP contribution in [0.5, 0.6) is 5.75 Å². The lowest BCUT2D eigenvalue weighted by molar-refractivity contribution is 0.00485. The smallest absolute Gasteiger partial charge is 0.166 e. The van der Waals surface area contributed by atoms with Crippen molar-refractivity contribution in [1.29, 1.82) is 5.26 Å². The van der Waals surface area contributed by atoms with Gasteiger partial charge in [-0.2, -0.15) is 5.26 Å². The summed E-state index contributed by atoms with van der Waals surface area (Å²) in [4.78, 5) is 0. The van der Waals surface area contributed by atoms with E-state index in [0.29, 0.717) is 6.61 Å². The number of nitrogens with zero attached hydrogens (tertiary/aromatic N) is 1. The van der Waals surface area contributed by atoms with E-state index in [1.807, 2.05) is 36.4 Å². The molecule has 1 unspecified atom stereocenters. The summed E-state index contributed by atoms with van der Waals surface area (Å²) in [7, 11) is 0. The summed E-state index contributed by atoms with van der Waals surface area (Å²) < 4.78 is 24.1. The number of halogens is 1. The summed E-state index contributed by atoms with van der Waals surface area (Å²) in [6.45, 7) is 0.396. The zero-order valence-corrected chi connectivity index (χ0v) is 11.9. The van der Waals surface area contributed by atoms with Gasteiger partial charge in [-0.25, -0.2) is 4.39 Å². The number of ether oxygens (including phenoxy) is 2. The summed E-state index contributed by atoms with van der Waals surface area (Å²) in [6, 6.07) is 15.3. The molecule has 0 saturated heterocycles. The molecule has 2 rings (SSSR count). The van der Waals surface area contributed by atoms with Crippen molar-refractivity contribution in [2.24, 2.45) is 0 Å². The van der Waals surface area contributed by atoms with Crippen LogP contribution in [-0.2, 0) is 11.3 Å². The van der Waals surface area contributed by atoms with Crippen molar-refractivity contribution < 1.29 is 19.0 Å². The molecule has 4 nitrogen and oxygen atoms in total. The lowest BCUT2D eigenvalue weighted by atomic mass is 10.2. The Kier molecular flexibility index (Phi) is 5.90. The first kappa shape index (κ1) is 16.0. The summed E-state index contributed by atoms with van der Waals surface area (Å²) >= 11 is 0. The van der Waals surface area contributed by atoms with Crippen LogP contribution in [0, 0.1) is 17.1 Å². The molecule has 0 amide bonds. The summed E-state index contributed by atoms with van der Waals surface area (Å²) in [5, 5.41) is 18.4. The van der Waals surface area contributed by atoms with Gasteiger partial charge in [0, 0.05) is 0 Å². The van der Waals surface area contributed by atoms with Crippen molar-refractivity contribution in [3.8, 4) is 11.8 Å². The number of aliphatic hydroxyl groups excluding tert-OH is 1. The fourth-order valence-corrected chi connectivity index (χ4v) is 1.81. The molecule has 0 aliphatic carbocycles. The molecule has 1 atom stereocenters. The number of rotatable bonds is 7. The molecule has 0 aromatic heterocycles. The molecule has 0 radical (unpaired) electrons. The molecular weight excluding hydrogens is 285 g/mol. The molecule has 5 heteroatoms. The molecule has 0 aliphatic rings. The zero-order chi connectivity index (χ0) is 15.8. The van der Waals surface area contributed by atoms with Gasteiger partial charge in [-0.05, 0) is 23.8 Å². The second-order valence-corrected chi connectivity index (χ2v) is 4.72. The Morgan fingerprint density at radius 1 is 1.14 bits per heavy atom. The maximum absolute atomic E-state index is 13.6. The first-order valence-electron chi connectivity index (χ1n) is 6.81. The fraction of sp³-hybridized carbons (Fsp3) is 0.235. The van der Waals surface area contributed by atoms with E-state index in [2.05, 4.69) is 0 Å². The van der Waals surface area contributed by atoms with E-state index in [0.717, 1.165) is 11.6 Å². The largest absolute Gasteiger partial charge is 0.488 e. The van der Waals surface area contributed by atoms with E-state index in [4.69, 9.17) is 14.7 Å². The van der Waals surface area contributed by atoms with Crippen LogP contribution in [0.3, 0.4) is 0 Å². The summed E-state index contributed by atoms with van der Waals surface area (Å²) in [5.41, 5.74) is 1.23. The van der Waals surface area contributed by atoms with Gasteiger partial charge in [-0.1, -0.05) is 30.3 Å². The van der Waals surface area contributed by atoms with E-state index in [9.17, 15) is 9.50 Å². The van der Waals surface area contributed by atoms with Gasteiger partial charge in [0.1, 0.15) is 12.7 Å². The minimum Gasteiger partial charge on any atom is -0.488 e. The standard InChI is InChI=1S/C17H16FNO3/c18-16-8-14(9-19)6-7-17(16)22-12-15(20)11-21-10-13-4-2-1-3-5-13/h1-8,15,20H,10-12H2. The van der Waals surface area contributed by atoms with Gasteiger partial charge in [-0.15, -0.1) is 0 Å². The van der Waals surface area contributed by atoms with E-state index < -0.39 is 11.9 Å². The Bertz CT molecular complexity index is 640. The monoisotopic (exact) mass is 301 g/mol. The molecule has 0 bridgehead atoms. The summed E-state index contributed by atoms with van der Waals surface area (Å²) in [5.74, 6) is -0.627. The van der Waals surface area contributed by atoms with Crippen LogP contribution in [0.25, 0.3) is 0 Å². The van der Waals surface area contributed by atoms with Gasteiger partial charge in [0.15, 0.2) is 11.6 Å². The molecule has 2 aromatic rings. The van der Waals surface area contributed by atoms with Crippen molar-refractivity contribution >= 4 is 0 Å². The minimum absolute atomic E-state index is 0.00103. The Morgan fingerprint density at radius 2 is 1.91 bits per heavy atom. The molecule has 0 saturated carbocycles. The van der Waals surface area contributed by atoms with Crippen LogP contribution in [0.15, 0.2) is 48.5 Å². The van der Waals surface area contributed by atoms with Crippen LogP contribution in [0.4, 0.5) is 4.39 Å². The van der Waals surface area contributed by atoms with E-state index in [1.165, 1.54) is 12.1 Å². The van der Waals surface area contributed by atoms with Gasteiger partial charge in [0.25, 0.3) is 0 Å². The molecule has 114 valence electrons. The number of hydrogen-bond acceptors (Lipinski definition) is 4. The fourth-order valence-electron chi connectivity index (χ4n) is 1.81. The van der Waals surface area contributed by atoms with Crippen molar-refractivity contribution in [1.82, 2.24) is 0 Å². The predicted molar refractivity (Wildman–Crippen MR) is 78.7 cm³/mol. The number of hydrogen-bond donors (Lipinski definition) is 1. The SMILES string of the molecule is N#Cc1ccc(OCC(O)COCc2ccccc2)c(F)c1. The molecule has 0 aliphatic heterocycles. The third-order valence-electron chi connectivity index (χ3n) is 2.91. The normalized spacial score (nSPS) is 11.7. The molecule has 0 spiro atoms. The molecule has 2 aromatic carbocycles. The van der Waals surface area contributed by atoms with E-state index in [-0.39, 0.29) is 24.5 Å². The number of nitriles is 1. The maximum Gasteiger partial charge on any atom is 0.166 e. The van der Waals surface area contributed by atoms with Crippen LogP contribution >= 0.6 is 0 Å². The first-order chi connectivity index (χ1) is 10.7. The number of benzene rings is 2. The van der Waals surface area contributed by atoms with Crippen molar-refractivity contribution in [2.75, 3.05) is 13.2 Å². The highest BCUT2D eigenvalue weighted by atomic mass is 19.1. The minimum atomic E-state index is -0.862. The Balaban J connectivity index is 1.74. The lowest BCUT2D eigenvalue weighted by Crippen LogP contribution is -2.23. The highest BCUT2D eigenvalue weighted by Gasteiger charge is 2.09. The van der Waals surface area contributed by atoms with Crippen molar-refractivity contribution in [3.05, 3.63) is 65.5 Å². The Labute approximate surface area is 128 Å². The van der Waals surface area contributed by atoms with Crippen molar-refractivity contribution in [3.63, 3.8) is 0 Å². The molecule has 1 N–H and O–H groups in total. The predicted octanol–water partition coefficient (Wildman–Crippen LogP) is 2.65. The van der Waals surface area contributed by atoms with E-state index in [1.54, 1.807) is 0 Å². The molecular formula is C17H16FNO3. The van der Waals surface area contributed by atoms with Crippen molar-refractivity contribution in [2.45, 2.75) is 12.7 Å². The van der Waals surface area contributed by atoms with Gasteiger partial charge < -0.3 is 14.6 Å². The number of aliphatic hydroxyl groups is 1. The van der Waals surface area contributed by atoms with Crippen LogP contribution in [0.1, 0.15) is 11.1 Å². The van der Waals surface area contributed by atoms with Crippen LogP contribution in [0.2, 0.25) is 0 Å². The highest BCUT2D eigenvalue weighted by Crippen LogP contribution is 2.18. The maximum atomic E-state index is 13.6. The Morgan fingerprint density at radius 3 is 2.59 bits per heavy atom. The first-order valence-corrected chi connectivity index (χ1v) is 6.81. The average molecular weight is 301 g/mol. The van der Waals surface area contributed by atoms with Gasteiger partial charge >= 0.3 is 0 Å². The van der Waals surface area contributed by atoms with Gasteiger partial charge in [-0.3, -0.25) is 0 Å². The quantitative estimate of drug-likeness (QED) is 0.854. The third-order valence-corrected chi connectivity index (χ3v) is 2.91. The molecule has 22 heavy (non-hydrogen) atoms. The lowest BCUT2D eigenvalue weighted by Gasteiger charge is -2.13. The highest BCUT2D eigenvalue weighted by molar-refractivity contribution is 5.35. The molecule has 0 heterocycles. The Hall–Kier alpha value is -2.42. The second kappa shape index (κ2) is 8.13. The third kappa shape index (κ3) is 4.85. The topological polar surface area (TPSA) is 62.5 Å². The van der Waals surface area contributed by atoms with E-state index >= 15 is 0 Å². The average Bonchev–Trinajstić information content (AvgIpc) is 2.54. The van der Waals surface area contributed by atoms with Crippen LogP contribution in [-0.4, -0.2) is 24.4 Å². The summed E-state index contributed by atoms with van der Waals surface area (Å²) in [6.07, 6.45) is -0.862. The zero-order valence-electron chi connectivity index (χ0n) is 11.9. The molecule has 0 fully saturated rings.